The van der Waals surface area contributed by atoms with Gasteiger partial charge in [-0.25, -0.2) is 0 Å². The van der Waals surface area contributed by atoms with Gasteiger partial charge in [0.15, 0.2) is 0 Å². The van der Waals surface area contributed by atoms with Gasteiger partial charge in [-0.2, -0.15) is 0 Å². The predicted molar refractivity (Wildman–Crippen MR) is 56.4 cm³/mol. The number of hydrogen-bond acceptors (Lipinski definition) is 2. The minimum Gasteiger partial charge on any atom is -0.401 e. The first-order valence-electron chi connectivity index (χ1n) is 4.44. The second-order valence-electron chi connectivity index (χ2n) is 3.11. The Hall–Kier alpha value is -1.44. The molecule has 2 heteroatoms. The molecule has 0 spiro atoms. The second-order valence-corrected chi connectivity index (χ2v) is 3.11. The molecule has 2 nitrogen and oxygen atoms in total. The predicted octanol–water partition coefficient (Wildman–Crippen LogP) is 2.49. The van der Waals surface area contributed by atoms with E-state index >= 15 is 0 Å². The quantitative estimate of drug-likeness (QED) is 0.700. The monoisotopic (exact) mass is 176 g/mol. The normalized spacial score (nSPS) is 17.7. The largest absolute Gasteiger partial charge is 0.401 e. The summed E-state index contributed by atoms with van der Waals surface area (Å²) in [6.07, 6.45) is 8.94. The fourth-order valence-electron chi connectivity index (χ4n) is 1.27. The molecule has 1 aliphatic rings. The van der Waals surface area contributed by atoms with E-state index in [0.717, 1.165) is 17.8 Å². The molecule has 0 aromatic rings. The maximum Gasteiger partial charge on any atom is 0.0381 e. The Morgan fingerprint density at radius 1 is 1.69 bits per heavy atom. The van der Waals surface area contributed by atoms with Crippen molar-refractivity contribution >= 4 is 0 Å². The first-order valence-corrected chi connectivity index (χ1v) is 4.44. The van der Waals surface area contributed by atoms with Crippen LogP contribution < -0.4 is 5.73 Å². The molecule has 0 saturated heterocycles. The van der Waals surface area contributed by atoms with Crippen LogP contribution in [0, 0.1) is 0 Å². The first kappa shape index (κ1) is 9.65. The van der Waals surface area contributed by atoms with E-state index in [0.29, 0.717) is 0 Å². The zero-order valence-electron chi connectivity index (χ0n) is 8.25. The molecule has 13 heavy (non-hydrogen) atoms. The Morgan fingerprint density at radius 2 is 2.38 bits per heavy atom. The lowest BCUT2D eigenvalue weighted by Crippen LogP contribution is -2.17. The first-order chi connectivity index (χ1) is 6.15. The van der Waals surface area contributed by atoms with Gasteiger partial charge in [0.2, 0.25) is 0 Å². The van der Waals surface area contributed by atoms with Crippen LogP contribution in [0.1, 0.15) is 20.3 Å². The molecule has 0 fully saturated rings. The smallest absolute Gasteiger partial charge is 0.0381 e. The second kappa shape index (κ2) is 3.99. The fourth-order valence-corrected chi connectivity index (χ4v) is 1.27. The molecule has 1 aliphatic heterocycles. The highest BCUT2D eigenvalue weighted by Crippen LogP contribution is 2.21. The van der Waals surface area contributed by atoms with Gasteiger partial charge >= 0.3 is 0 Å². The number of hydrogen-bond donors (Lipinski definition) is 1. The van der Waals surface area contributed by atoms with Crippen LogP contribution in [0.3, 0.4) is 0 Å². The molecule has 0 aromatic heterocycles. The van der Waals surface area contributed by atoms with E-state index in [2.05, 4.69) is 19.6 Å². The van der Waals surface area contributed by atoms with Gasteiger partial charge in [-0.05, 0) is 25.5 Å². The Labute approximate surface area is 79.7 Å². The standard InChI is InChI=1S/C11H16N2/c1-4-11-7-5-6-10(3)13(11)8-9(2)12/h5-8H,3-4,12H2,1-2H3/b9-8+. The summed E-state index contributed by atoms with van der Waals surface area (Å²) >= 11 is 0. The molecule has 2 N–H and O–H groups in total. The minimum atomic E-state index is 0.788. The van der Waals surface area contributed by atoms with Crippen molar-refractivity contribution in [3.63, 3.8) is 0 Å². The van der Waals surface area contributed by atoms with E-state index in [1.54, 1.807) is 0 Å². The molecule has 70 valence electrons. The minimum absolute atomic E-state index is 0.788. The summed E-state index contributed by atoms with van der Waals surface area (Å²) in [5, 5.41) is 0. The van der Waals surface area contributed by atoms with Crippen molar-refractivity contribution in [3.8, 4) is 0 Å². The van der Waals surface area contributed by atoms with Crippen LogP contribution in [0.5, 0.6) is 0 Å². The van der Waals surface area contributed by atoms with Gasteiger partial charge in [0.05, 0.1) is 0 Å². The highest BCUT2D eigenvalue weighted by Gasteiger charge is 2.09. The van der Waals surface area contributed by atoms with E-state index in [4.69, 9.17) is 5.73 Å². The summed E-state index contributed by atoms with van der Waals surface area (Å²) in [6.45, 7) is 7.93. The molecule has 0 saturated carbocycles. The Kier molecular flexibility index (Phi) is 2.96. The van der Waals surface area contributed by atoms with Crippen molar-refractivity contribution in [1.82, 2.24) is 4.90 Å². The van der Waals surface area contributed by atoms with Gasteiger partial charge in [0.1, 0.15) is 0 Å². The van der Waals surface area contributed by atoms with Crippen LogP contribution in [0.15, 0.2) is 48.1 Å². The molecular weight excluding hydrogens is 160 g/mol. The van der Waals surface area contributed by atoms with Gasteiger partial charge in [0, 0.05) is 23.3 Å². The van der Waals surface area contributed by atoms with Crippen molar-refractivity contribution < 1.29 is 0 Å². The molecule has 1 heterocycles. The highest BCUT2D eigenvalue weighted by atomic mass is 15.1. The summed E-state index contributed by atoms with van der Waals surface area (Å²) in [5.41, 5.74) is 8.60. The van der Waals surface area contributed by atoms with E-state index in [1.807, 2.05) is 30.2 Å². The molecule has 0 unspecified atom stereocenters. The van der Waals surface area contributed by atoms with Crippen LogP contribution in [0.2, 0.25) is 0 Å². The maximum absolute atomic E-state index is 5.63. The van der Waals surface area contributed by atoms with Gasteiger partial charge in [0.25, 0.3) is 0 Å². The van der Waals surface area contributed by atoms with Gasteiger partial charge in [-0.15, -0.1) is 0 Å². The van der Waals surface area contributed by atoms with Crippen LogP contribution in [-0.4, -0.2) is 4.90 Å². The molecular formula is C11H16N2. The van der Waals surface area contributed by atoms with Crippen molar-refractivity contribution in [2.24, 2.45) is 5.73 Å². The SMILES string of the molecule is C=C1C=CC=C(CC)N1/C=C(\C)N. The summed E-state index contributed by atoms with van der Waals surface area (Å²) in [4.78, 5) is 2.02. The van der Waals surface area contributed by atoms with Crippen LogP contribution in [-0.2, 0) is 0 Å². The van der Waals surface area contributed by atoms with Crippen molar-refractivity contribution in [2.45, 2.75) is 20.3 Å². The third kappa shape index (κ3) is 2.25. The molecule has 0 bridgehead atoms. The van der Waals surface area contributed by atoms with Crippen LogP contribution in [0.25, 0.3) is 0 Å². The molecule has 0 amide bonds. The lowest BCUT2D eigenvalue weighted by atomic mass is 10.2. The molecule has 0 aromatic carbocycles. The van der Waals surface area contributed by atoms with Crippen LogP contribution >= 0.6 is 0 Å². The van der Waals surface area contributed by atoms with Crippen LogP contribution in [0.4, 0.5) is 0 Å². The van der Waals surface area contributed by atoms with Crippen molar-refractivity contribution in [2.75, 3.05) is 0 Å². The molecule has 1 rings (SSSR count). The van der Waals surface area contributed by atoms with E-state index in [1.165, 1.54) is 5.70 Å². The fraction of sp³-hybridized carbons (Fsp3) is 0.273. The third-order valence-electron chi connectivity index (χ3n) is 1.89. The molecule has 0 radical (unpaired) electrons. The van der Waals surface area contributed by atoms with Crippen molar-refractivity contribution in [3.05, 3.63) is 48.1 Å². The van der Waals surface area contributed by atoms with E-state index in [-0.39, 0.29) is 0 Å². The van der Waals surface area contributed by atoms with Gasteiger partial charge in [-0.1, -0.05) is 19.6 Å². The zero-order chi connectivity index (χ0) is 9.84. The lowest BCUT2D eigenvalue weighted by molar-refractivity contribution is 0.560. The van der Waals surface area contributed by atoms with Gasteiger partial charge < -0.3 is 10.6 Å². The lowest BCUT2D eigenvalue weighted by Gasteiger charge is -2.26. The summed E-state index contributed by atoms with van der Waals surface area (Å²) in [6, 6.07) is 0. The summed E-state index contributed by atoms with van der Waals surface area (Å²) < 4.78 is 0. The average Bonchev–Trinajstić information content (AvgIpc) is 2.08. The number of rotatable bonds is 2. The van der Waals surface area contributed by atoms with E-state index in [9.17, 15) is 0 Å². The maximum atomic E-state index is 5.63. The zero-order valence-corrected chi connectivity index (χ0v) is 8.25. The summed E-state index contributed by atoms with van der Waals surface area (Å²) in [5.74, 6) is 0. The molecule has 0 atom stereocenters. The van der Waals surface area contributed by atoms with Gasteiger partial charge in [-0.3, -0.25) is 0 Å². The van der Waals surface area contributed by atoms with E-state index < -0.39 is 0 Å². The average molecular weight is 176 g/mol. The Morgan fingerprint density at radius 3 is 2.92 bits per heavy atom. The topological polar surface area (TPSA) is 29.3 Å². The summed E-state index contributed by atoms with van der Waals surface area (Å²) in [7, 11) is 0. The number of nitrogens with zero attached hydrogens (tertiary/aromatic N) is 1. The Balaban J connectivity index is 2.93. The van der Waals surface area contributed by atoms with Crippen molar-refractivity contribution in [1.29, 1.82) is 0 Å². The Bertz CT molecular complexity index is 291. The molecule has 0 aliphatic carbocycles. The number of allylic oxidation sites excluding steroid dienone is 5. The highest BCUT2D eigenvalue weighted by molar-refractivity contribution is 5.33. The third-order valence-corrected chi connectivity index (χ3v) is 1.89. The number of nitrogens with two attached hydrogens (primary N) is 1.